The van der Waals surface area contributed by atoms with E-state index in [1.807, 2.05) is 13.0 Å². The molecule has 0 amide bonds. The van der Waals surface area contributed by atoms with E-state index in [1.165, 1.54) is 11.3 Å². The average molecular weight is 316 g/mol. The summed E-state index contributed by atoms with van der Waals surface area (Å²) in [5.41, 5.74) is 6.90. The van der Waals surface area contributed by atoms with Crippen molar-refractivity contribution >= 4 is 27.3 Å². The summed E-state index contributed by atoms with van der Waals surface area (Å²) in [5, 5.41) is 0. The number of nitrogens with two attached hydrogens (primary N) is 1. The first kappa shape index (κ1) is 14.0. The van der Waals surface area contributed by atoms with Crippen LogP contribution in [-0.2, 0) is 0 Å². The monoisotopic (exact) mass is 315 g/mol. The predicted molar refractivity (Wildman–Crippen MR) is 63.6 cm³/mol. The fourth-order valence-electron chi connectivity index (χ4n) is 1.33. The summed E-state index contributed by atoms with van der Waals surface area (Å²) < 4.78 is 36.8. The molecule has 0 aliphatic heterocycles. The molecule has 0 spiro atoms. The lowest BCUT2D eigenvalue weighted by Gasteiger charge is -2.10. The van der Waals surface area contributed by atoms with Gasteiger partial charge in [-0.25, -0.2) is 0 Å². The molecule has 1 atom stereocenters. The Balaban J connectivity index is 2.44. The number of hydrogen-bond acceptors (Lipinski definition) is 2. The molecule has 0 aliphatic carbocycles. The first-order valence-electron chi connectivity index (χ1n) is 4.88. The van der Waals surface area contributed by atoms with Crippen LogP contribution in [0.25, 0.3) is 0 Å². The number of hydrogen-bond donors (Lipinski definition) is 1. The molecule has 1 unspecified atom stereocenters. The Morgan fingerprint density at radius 3 is 2.56 bits per heavy atom. The molecule has 6 heteroatoms. The molecule has 0 fully saturated rings. The first-order chi connectivity index (χ1) is 7.29. The van der Waals surface area contributed by atoms with E-state index in [1.54, 1.807) is 0 Å². The van der Waals surface area contributed by atoms with Crippen molar-refractivity contribution < 1.29 is 13.2 Å². The Bertz CT molecular complexity index is 329. The fourth-order valence-corrected chi connectivity index (χ4v) is 2.94. The largest absolute Gasteiger partial charge is 0.389 e. The summed E-state index contributed by atoms with van der Waals surface area (Å²) in [6.07, 6.45) is -4.39. The molecule has 1 rings (SSSR count). The summed E-state index contributed by atoms with van der Waals surface area (Å²) in [4.78, 5) is 0.937. The van der Waals surface area contributed by atoms with Crippen molar-refractivity contribution in [3.63, 3.8) is 0 Å². The fraction of sp³-hybridized carbons (Fsp3) is 0.600. The van der Waals surface area contributed by atoms with Gasteiger partial charge < -0.3 is 5.73 Å². The molecular weight excluding hydrogens is 303 g/mol. The molecule has 0 saturated carbocycles. The van der Waals surface area contributed by atoms with Crippen LogP contribution in [0.2, 0.25) is 0 Å². The zero-order valence-corrected chi connectivity index (χ0v) is 11.2. The minimum absolute atomic E-state index is 0.0826. The van der Waals surface area contributed by atoms with Gasteiger partial charge in [0.15, 0.2) is 0 Å². The molecule has 1 aromatic heterocycles. The average Bonchev–Trinajstić information content (AvgIpc) is 2.45. The molecule has 0 radical (unpaired) electrons. The maximum Gasteiger partial charge on any atom is 0.389 e. The maximum absolute atomic E-state index is 11.9. The van der Waals surface area contributed by atoms with E-state index in [0.717, 1.165) is 14.2 Å². The standard InChI is InChI=1S/C10H13BrF3NS/c1-6-5-8(16-9(6)11)7(15)3-2-4-10(12,13)14/h5,7H,2-4,15H2,1H3. The molecule has 1 heterocycles. The zero-order valence-electron chi connectivity index (χ0n) is 8.77. The predicted octanol–water partition coefficient (Wildman–Crippen LogP) is 4.55. The highest BCUT2D eigenvalue weighted by Crippen LogP contribution is 2.33. The summed E-state index contributed by atoms with van der Waals surface area (Å²) in [6, 6.07) is 1.63. The van der Waals surface area contributed by atoms with Crippen LogP contribution in [0, 0.1) is 6.92 Å². The zero-order chi connectivity index (χ0) is 12.3. The van der Waals surface area contributed by atoms with Crippen LogP contribution in [0.4, 0.5) is 13.2 Å². The minimum atomic E-state index is -4.08. The van der Waals surface area contributed by atoms with E-state index in [9.17, 15) is 13.2 Å². The molecular formula is C10H13BrF3NS. The van der Waals surface area contributed by atoms with E-state index in [-0.39, 0.29) is 12.5 Å². The maximum atomic E-state index is 11.9. The number of aryl methyl sites for hydroxylation is 1. The van der Waals surface area contributed by atoms with Gasteiger partial charge in [0.25, 0.3) is 0 Å². The normalized spacial score (nSPS) is 14.1. The van der Waals surface area contributed by atoms with Gasteiger partial charge in [0, 0.05) is 17.3 Å². The molecule has 16 heavy (non-hydrogen) atoms. The Kier molecular flexibility index (Phi) is 4.82. The quantitative estimate of drug-likeness (QED) is 0.866. The SMILES string of the molecule is Cc1cc(C(N)CCCC(F)(F)F)sc1Br. The lowest BCUT2D eigenvalue weighted by molar-refractivity contribution is -0.135. The van der Waals surface area contributed by atoms with E-state index in [0.29, 0.717) is 6.42 Å². The molecule has 1 aromatic rings. The molecule has 0 saturated heterocycles. The van der Waals surface area contributed by atoms with Gasteiger partial charge in [0.2, 0.25) is 0 Å². The Labute approximate surface area is 105 Å². The summed E-state index contributed by atoms with van der Waals surface area (Å²) in [5.74, 6) is 0. The van der Waals surface area contributed by atoms with E-state index in [2.05, 4.69) is 15.9 Å². The van der Waals surface area contributed by atoms with Crippen molar-refractivity contribution in [1.29, 1.82) is 0 Å². The van der Waals surface area contributed by atoms with Crippen LogP contribution < -0.4 is 5.73 Å². The Hall–Kier alpha value is -0.0700. The number of thiophene rings is 1. The highest BCUT2D eigenvalue weighted by molar-refractivity contribution is 9.11. The summed E-state index contributed by atoms with van der Waals surface area (Å²) >= 11 is 4.86. The highest BCUT2D eigenvalue weighted by Gasteiger charge is 2.26. The lowest BCUT2D eigenvalue weighted by Crippen LogP contribution is -2.12. The van der Waals surface area contributed by atoms with Gasteiger partial charge in [-0.1, -0.05) is 0 Å². The van der Waals surface area contributed by atoms with Gasteiger partial charge in [-0.2, -0.15) is 13.2 Å². The topological polar surface area (TPSA) is 26.0 Å². The van der Waals surface area contributed by atoms with Crippen LogP contribution in [-0.4, -0.2) is 6.18 Å². The Morgan fingerprint density at radius 2 is 2.12 bits per heavy atom. The second-order valence-electron chi connectivity index (χ2n) is 3.72. The van der Waals surface area contributed by atoms with Crippen molar-refractivity contribution in [1.82, 2.24) is 0 Å². The van der Waals surface area contributed by atoms with Crippen LogP contribution in [0.5, 0.6) is 0 Å². The third-order valence-electron chi connectivity index (χ3n) is 2.22. The summed E-state index contributed by atoms with van der Waals surface area (Å²) in [7, 11) is 0. The van der Waals surface area contributed by atoms with E-state index < -0.39 is 12.6 Å². The third kappa shape index (κ3) is 4.43. The van der Waals surface area contributed by atoms with Gasteiger partial charge in [-0.05, 0) is 47.3 Å². The van der Waals surface area contributed by atoms with Crippen LogP contribution in [0.1, 0.15) is 35.7 Å². The highest BCUT2D eigenvalue weighted by atomic mass is 79.9. The molecule has 0 aliphatic rings. The van der Waals surface area contributed by atoms with Crippen molar-refractivity contribution in [2.75, 3.05) is 0 Å². The third-order valence-corrected chi connectivity index (χ3v) is 4.49. The number of rotatable bonds is 4. The van der Waals surface area contributed by atoms with Crippen molar-refractivity contribution in [2.45, 2.75) is 38.4 Å². The molecule has 0 aromatic carbocycles. The minimum Gasteiger partial charge on any atom is -0.323 e. The van der Waals surface area contributed by atoms with Crippen LogP contribution in [0.15, 0.2) is 9.85 Å². The molecule has 2 N–H and O–H groups in total. The van der Waals surface area contributed by atoms with Gasteiger partial charge in [0.1, 0.15) is 0 Å². The second-order valence-corrected chi connectivity index (χ2v) is 6.12. The smallest absolute Gasteiger partial charge is 0.323 e. The van der Waals surface area contributed by atoms with E-state index in [4.69, 9.17) is 5.73 Å². The van der Waals surface area contributed by atoms with Crippen LogP contribution >= 0.6 is 27.3 Å². The van der Waals surface area contributed by atoms with Crippen molar-refractivity contribution in [3.8, 4) is 0 Å². The second kappa shape index (κ2) is 5.51. The van der Waals surface area contributed by atoms with Crippen molar-refractivity contribution in [3.05, 3.63) is 20.3 Å². The van der Waals surface area contributed by atoms with Gasteiger partial charge in [-0.3, -0.25) is 0 Å². The Morgan fingerprint density at radius 1 is 1.50 bits per heavy atom. The van der Waals surface area contributed by atoms with Gasteiger partial charge in [-0.15, -0.1) is 11.3 Å². The first-order valence-corrected chi connectivity index (χ1v) is 6.48. The van der Waals surface area contributed by atoms with Gasteiger partial charge >= 0.3 is 6.18 Å². The van der Waals surface area contributed by atoms with E-state index >= 15 is 0 Å². The molecule has 92 valence electrons. The van der Waals surface area contributed by atoms with Crippen molar-refractivity contribution in [2.24, 2.45) is 5.73 Å². The number of halogens is 4. The summed E-state index contributed by atoms with van der Waals surface area (Å²) in [6.45, 7) is 1.94. The molecule has 1 nitrogen and oxygen atoms in total. The van der Waals surface area contributed by atoms with Crippen LogP contribution in [0.3, 0.4) is 0 Å². The molecule has 0 bridgehead atoms. The van der Waals surface area contributed by atoms with Gasteiger partial charge in [0.05, 0.1) is 3.79 Å². The number of alkyl halides is 3. The lowest BCUT2D eigenvalue weighted by atomic mass is 10.1.